The van der Waals surface area contributed by atoms with Crippen LogP contribution in [0.25, 0.3) is 5.57 Å². The monoisotopic (exact) mass is 159 g/mol. The average Bonchev–Trinajstić information content (AvgIpc) is 2.40. The lowest BCUT2D eigenvalue weighted by atomic mass is 10.1. The Morgan fingerprint density at radius 3 is 2.83 bits per heavy atom. The second-order valence-corrected chi connectivity index (χ2v) is 2.77. The van der Waals surface area contributed by atoms with Crippen molar-refractivity contribution in [1.29, 1.82) is 0 Å². The number of para-hydroxylation sites is 1. The van der Waals surface area contributed by atoms with Crippen molar-refractivity contribution in [3.05, 3.63) is 34.8 Å². The van der Waals surface area contributed by atoms with Crippen LogP contribution in [0, 0.1) is 0 Å². The second-order valence-electron chi connectivity index (χ2n) is 2.77. The van der Waals surface area contributed by atoms with Gasteiger partial charge < -0.3 is 0 Å². The van der Waals surface area contributed by atoms with E-state index in [2.05, 4.69) is 4.99 Å². The van der Waals surface area contributed by atoms with Crippen LogP contribution in [0.1, 0.15) is 13.3 Å². The molecule has 0 aliphatic carbocycles. The molecule has 1 aliphatic rings. The van der Waals surface area contributed by atoms with E-state index in [1.54, 1.807) is 0 Å². The van der Waals surface area contributed by atoms with Crippen LogP contribution in [0.5, 0.6) is 0 Å². The van der Waals surface area contributed by atoms with Crippen LogP contribution in [0.2, 0.25) is 0 Å². The molecule has 0 radical (unpaired) electrons. The second kappa shape index (κ2) is 2.55. The molecule has 1 amide bonds. The molecule has 0 spiro atoms. The molecule has 2 heteroatoms. The number of benzene rings is 1. The topological polar surface area (TPSA) is 29.4 Å². The summed E-state index contributed by atoms with van der Waals surface area (Å²) < 4.78 is 0. The van der Waals surface area contributed by atoms with E-state index in [0.29, 0.717) is 0 Å². The van der Waals surface area contributed by atoms with Crippen molar-refractivity contribution in [1.82, 2.24) is 0 Å². The number of hydrogen-bond donors (Lipinski definition) is 0. The van der Waals surface area contributed by atoms with Crippen LogP contribution in [0.4, 0.5) is 0 Å². The number of rotatable bonds is 1. The minimum absolute atomic E-state index is 0.0706. The highest BCUT2D eigenvalue weighted by Crippen LogP contribution is 2.03. The summed E-state index contributed by atoms with van der Waals surface area (Å²) in [6, 6.07) is 7.65. The Hall–Kier alpha value is -1.44. The van der Waals surface area contributed by atoms with E-state index in [0.717, 1.165) is 22.6 Å². The molecule has 0 saturated carbocycles. The first-order chi connectivity index (χ1) is 5.83. The third-order valence-electron chi connectivity index (χ3n) is 2.06. The molecule has 1 aromatic rings. The number of amides is 1. The maximum atomic E-state index is 11.3. The van der Waals surface area contributed by atoms with Gasteiger partial charge >= 0.3 is 0 Å². The quantitative estimate of drug-likeness (QED) is 0.583. The van der Waals surface area contributed by atoms with E-state index >= 15 is 0 Å². The molecule has 0 saturated heterocycles. The molecule has 0 N–H and O–H groups in total. The number of carbonyl (C=O) groups is 1. The molecular formula is C10H9NO. The van der Waals surface area contributed by atoms with Crippen LogP contribution in [-0.4, -0.2) is 5.91 Å². The first-order valence-corrected chi connectivity index (χ1v) is 4.04. The molecule has 1 heterocycles. The van der Waals surface area contributed by atoms with Gasteiger partial charge in [0.1, 0.15) is 0 Å². The highest BCUT2D eigenvalue weighted by Gasteiger charge is 2.12. The van der Waals surface area contributed by atoms with E-state index < -0.39 is 0 Å². The zero-order valence-corrected chi connectivity index (χ0v) is 6.87. The van der Waals surface area contributed by atoms with Gasteiger partial charge in [0.2, 0.25) is 0 Å². The zero-order valence-electron chi connectivity index (χ0n) is 6.87. The summed E-state index contributed by atoms with van der Waals surface area (Å²) in [5.74, 6) is -0.0706. The van der Waals surface area contributed by atoms with Crippen molar-refractivity contribution < 1.29 is 4.79 Å². The third-order valence-corrected chi connectivity index (χ3v) is 2.06. The van der Waals surface area contributed by atoms with Gasteiger partial charge in [-0.1, -0.05) is 25.1 Å². The summed E-state index contributed by atoms with van der Waals surface area (Å²) in [7, 11) is 0. The maximum Gasteiger partial charge on any atom is 0.274 e. The van der Waals surface area contributed by atoms with E-state index in [1.807, 2.05) is 31.2 Å². The molecular weight excluding hydrogens is 150 g/mol. The van der Waals surface area contributed by atoms with E-state index in [-0.39, 0.29) is 5.91 Å². The van der Waals surface area contributed by atoms with E-state index in [9.17, 15) is 4.79 Å². The predicted octanol–water partition coefficient (Wildman–Crippen LogP) is 0.407. The van der Waals surface area contributed by atoms with Gasteiger partial charge in [-0.15, -0.1) is 0 Å². The summed E-state index contributed by atoms with van der Waals surface area (Å²) in [4.78, 5) is 15.2. The lowest BCUT2D eigenvalue weighted by molar-refractivity contribution is -0.112. The highest BCUT2D eigenvalue weighted by atomic mass is 16.1. The van der Waals surface area contributed by atoms with Gasteiger partial charge in [0.15, 0.2) is 0 Å². The Balaban J connectivity index is 2.88. The molecule has 12 heavy (non-hydrogen) atoms. The van der Waals surface area contributed by atoms with Crippen LogP contribution in [0.3, 0.4) is 0 Å². The molecule has 1 aliphatic heterocycles. The normalized spacial score (nSPS) is 14.4. The minimum atomic E-state index is -0.0706. The number of fused-ring (bicyclic) bond motifs is 1. The van der Waals surface area contributed by atoms with Gasteiger partial charge in [0.25, 0.3) is 5.91 Å². The summed E-state index contributed by atoms with van der Waals surface area (Å²) >= 11 is 0. The van der Waals surface area contributed by atoms with Crippen molar-refractivity contribution in [3.63, 3.8) is 0 Å². The lowest BCUT2D eigenvalue weighted by Crippen LogP contribution is -2.21. The average molecular weight is 159 g/mol. The predicted molar refractivity (Wildman–Crippen MR) is 45.9 cm³/mol. The lowest BCUT2D eigenvalue weighted by Gasteiger charge is -1.89. The van der Waals surface area contributed by atoms with Crippen LogP contribution < -0.4 is 10.6 Å². The SMILES string of the molecule is CCC1=c2ccccc2=NC1=O. The largest absolute Gasteiger partial charge is 0.274 e. The Bertz CT molecular complexity index is 445. The zero-order chi connectivity index (χ0) is 8.55. The van der Waals surface area contributed by atoms with Crippen LogP contribution in [-0.2, 0) is 4.79 Å². The third kappa shape index (κ3) is 0.881. The number of nitrogens with zero attached hydrogens (tertiary/aromatic N) is 1. The van der Waals surface area contributed by atoms with Crippen molar-refractivity contribution in [2.45, 2.75) is 13.3 Å². The van der Waals surface area contributed by atoms with E-state index in [4.69, 9.17) is 0 Å². The van der Waals surface area contributed by atoms with Gasteiger partial charge in [-0.3, -0.25) is 4.79 Å². The molecule has 2 rings (SSSR count). The minimum Gasteiger partial charge on any atom is -0.267 e. The first-order valence-electron chi connectivity index (χ1n) is 4.04. The molecule has 0 fully saturated rings. The van der Waals surface area contributed by atoms with Crippen LogP contribution >= 0.6 is 0 Å². The molecule has 1 aromatic carbocycles. The van der Waals surface area contributed by atoms with Gasteiger partial charge in [0.05, 0.1) is 5.36 Å². The Kier molecular flexibility index (Phi) is 1.54. The summed E-state index contributed by atoms with van der Waals surface area (Å²) in [5.41, 5.74) is 0.839. The summed E-state index contributed by atoms with van der Waals surface area (Å²) in [6.45, 7) is 1.98. The fourth-order valence-electron chi connectivity index (χ4n) is 1.46. The Labute approximate surface area is 70.3 Å². The standard InChI is InChI=1S/C10H9NO/c1-2-7-8-5-3-4-6-9(8)11-10(7)12/h3-6H,2H2,1H3. The summed E-state index contributed by atoms with van der Waals surface area (Å²) in [5, 5.41) is 1.82. The van der Waals surface area contributed by atoms with Crippen LogP contribution in [0.15, 0.2) is 29.3 Å². The highest BCUT2D eigenvalue weighted by molar-refractivity contribution is 6.15. The van der Waals surface area contributed by atoms with E-state index in [1.165, 1.54) is 0 Å². The van der Waals surface area contributed by atoms with Gasteiger partial charge in [-0.2, -0.15) is 0 Å². The van der Waals surface area contributed by atoms with Gasteiger partial charge in [-0.05, 0) is 12.5 Å². The molecule has 0 bridgehead atoms. The molecule has 0 unspecified atom stereocenters. The Morgan fingerprint density at radius 2 is 2.08 bits per heavy atom. The number of hydrogen-bond acceptors (Lipinski definition) is 1. The molecule has 0 atom stereocenters. The molecule has 0 aromatic heterocycles. The van der Waals surface area contributed by atoms with Crippen molar-refractivity contribution in [2.75, 3.05) is 0 Å². The van der Waals surface area contributed by atoms with Gasteiger partial charge in [0, 0.05) is 10.8 Å². The number of carbonyl (C=O) groups excluding carboxylic acids is 1. The van der Waals surface area contributed by atoms with Crippen molar-refractivity contribution in [3.8, 4) is 0 Å². The smallest absolute Gasteiger partial charge is 0.267 e. The van der Waals surface area contributed by atoms with Crippen molar-refractivity contribution in [2.24, 2.45) is 4.99 Å². The summed E-state index contributed by atoms with van der Waals surface area (Å²) in [6.07, 6.45) is 0.763. The molecule has 60 valence electrons. The fraction of sp³-hybridized carbons (Fsp3) is 0.200. The fourth-order valence-corrected chi connectivity index (χ4v) is 1.46. The maximum absolute atomic E-state index is 11.3. The first kappa shape index (κ1) is 7.22. The van der Waals surface area contributed by atoms with Crippen molar-refractivity contribution >= 4 is 11.5 Å². The van der Waals surface area contributed by atoms with Gasteiger partial charge in [-0.25, -0.2) is 4.99 Å². The molecule has 2 nitrogen and oxygen atoms in total. The Morgan fingerprint density at radius 1 is 1.33 bits per heavy atom.